The van der Waals surface area contributed by atoms with E-state index in [2.05, 4.69) is 15.4 Å². The third-order valence-electron chi connectivity index (χ3n) is 2.44. The molecule has 2 rings (SSSR count). The minimum Gasteiger partial charge on any atom is -0.316 e. The summed E-state index contributed by atoms with van der Waals surface area (Å²) in [5.41, 5.74) is 1.59. The Balaban J connectivity index is 2.48. The van der Waals surface area contributed by atoms with Crippen LogP contribution in [0.15, 0.2) is 18.2 Å². The second-order valence-corrected chi connectivity index (χ2v) is 3.97. The van der Waals surface area contributed by atoms with Crippen molar-refractivity contribution in [3.8, 4) is 5.69 Å². The van der Waals surface area contributed by atoms with E-state index in [4.69, 9.17) is 0 Å². The van der Waals surface area contributed by atoms with E-state index in [0.717, 1.165) is 11.4 Å². The Hall–Kier alpha value is -1.75. The molecule has 0 amide bonds. The Morgan fingerprint density at radius 1 is 1.29 bits per heavy atom. The van der Waals surface area contributed by atoms with Crippen molar-refractivity contribution in [1.82, 2.24) is 20.1 Å². The molecule has 0 spiro atoms. The molecule has 1 N–H and O–H groups in total. The van der Waals surface area contributed by atoms with Gasteiger partial charge in [0.2, 0.25) is 0 Å². The van der Waals surface area contributed by atoms with Crippen molar-refractivity contribution in [2.75, 3.05) is 7.05 Å². The lowest BCUT2D eigenvalue weighted by atomic mass is 10.2. The maximum atomic E-state index is 13.5. The number of aromatic nitrogens is 3. The average molecular weight is 234 g/mol. The van der Waals surface area contributed by atoms with Gasteiger partial charge in [0.1, 0.15) is 17.5 Å². The Morgan fingerprint density at radius 3 is 2.65 bits per heavy atom. The third-order valence-corrected chi connectivity index (χ3v) is 2.44. The van der Waals surface area contributed by atoms with E-state index in [-0.39, 0.29) is 5.82 Å². The monoisotopic (exact) mass is 234 g/mol. The number of hydrogen-bond acceptors (Lipinski definition) is 3. The molecule has 0 saturated heterocycles. The van der Waals surface area contributed by atoms with Crippen molar-refractivity contribution >= 4 is 0 Å². The summed E-state index contributed by atoms with van der Waals surface area (Å²) >= 11 is 0. The lowest BCUT2D eigenvalue weighted by molar-refractivity contribution is 0.620. The SMILES string of the molecule is CNCc1cc(F)cc(-n2nc(C)nc2C)c1. The van der Waals surface area contributed by atoms with Crippen LogP contribution in [0.4, 0.5) is 4.39 Å². The molecule has 5 heteroatoms. The zero-order valence-electron chi connectivity index (χ0n) is 10.2. The van der Waals surface area contributed by atoms with E-state index < -0.39 is 0 Å². The maximum absolute atomic E-state index is 13.5. The van der Waals surface area contributed by atoms with Crippen molar-refractivity contribution in [3.63, 3.8) is 0 Å². The summed E-state index contributed by atoms with van der Waals surface area (Å²) in [5, 5.41) is 7.24. The number of nitrogens with zero attached hydrogens (tertiary/aromatic N) is 3. The molecule has 1 aromatic heterocycles. The van der Waals surface area contributed by atoms with Crippen molar-refractivity contribution in [2.24, 2.45) is 0 Å². The van der Waals surface area contributed by atoms with Gasteiger partial charge in [-0.15, -0.1) is 0 Å². The first-order valence-corrected chi connectivity index (χ1v) is 5.45. The predicted molar refractivity (Wildman–Crippen MR) is 63.6 cm³/mol. The van der Waals surface area contributed by atoms with Gasteiger partial charge in [-0.05, 0) is 44.7 Å². The topological polar surface area (TPSA) is 42.7 Å². The first-order valence-electron chi connectivity index (χ1n) is 5.45. The molecule has 0 aliphatic carbocycles. The first-order chi connectivity index (χ1) is 8.10. The van der Waals surface area contributed by atoms with Crippen LogP contribution in [0, 0.1) is 19.7 Å². The van der Waals surface area contributed by atoms with E-state index in [1.807, 2.05) is 27.0 Å². The zero-order chi connectivity index (χ0) is 12.4. The highest BCUT2D eigenvalue weighted by molar-refractivity contribution is 5.36. The molecule has 0 radical (unpaired) electrons. The normalized spacial score (nSPS) is 10.8. The maximum Gasteiger partial charge on any atom is 0.148 e. The molecule has 0 saturated carbocycles. The molecule has 0 atom stereocenters. The van der Waals surface area contributed by atoms with Gasteiger partial charge in [-0.3, -0.25) is 0 Å². The van der Waals surface area contributed by atoms with E-state index in [9.17, 15) is 4.39 Å². The fourth-order valence-electron chi connectivity index (χ4n) is 1.83. The first kappa shape index (κ1) is 11.7. The van der Waals surface area contributed by atoms with Gasteiger partial charge in [0.15, 0.2) is 0 Å². The predicted octanol–water partition coefficient (Wildman–Crippen LogP) is 1.74. The van der Waals surface area contributed by atoms with E-state index in [1.165, 1.54) is 12.1 Å². The van der Waals surface area contributed by atoms with Crippen LogP contribution in [0.5, 0.6) is 0 Å². The van der Waals surface area contributed by atoms with Crippen LogP contribution in [-0.2, 0) is 6.54 Å². The molecule has 0 bridgehead atoms. The second-order valence-electron chi connectivity index (χ2n) is 3.97. The number of nitrogens with one attached hydrogen (secondary N) is 1. The largest absolute Gasteiger partial charge is 0.316 e. The van der Waals surface area contributed by atoms with Gasteiger partial charge in [-0.25, -0.2) is 14.1 Å². The lowest BCUT2D eigenvalue weighted by Crippen LogP contribution is -2.07. The highest BCUT2D eigenvalue weighted by atomic mass is 19.1. The smallest absolute Gasteiger partial charge is 0.148 e. The summed E-state index contributed by atoms with van der Waals surface area (Å²) < 4.78 is 15.1. The number of halogens is 1. The minimum absolute atomic E-state index is 0.264. The van der Waals surface area contributed by atoms with Gasteiger partial charge in [0.25, 0.3) is 0 Å². The van der Waals surface area contributed by atoms with Crippen LogP contribution in [0.25, 0.3) is 5.69 Å². The van der Waals surface area contributed by atoms with Crippen molar-refractivity contribution in [1.29, 1.82) is 0 Å². The standard InChI is InChI=1S/C12H15FN4/c1-8-15-9(2)17(16-8)12-5-10(7-14-3)4-11(13)6-12/h4-6,14H,7H2,1-3H3. The lowest BCUT2D eigenvalue weighted by Gasteiger charge is -2.06. The van der Waals surface area contributed by atoms with Gasteiger partial charge >= 0.3 is 0 Å². The van der Waals surface area contributed by atoms with Crippen LogP contribution < -0.4 is 5.32 Å². The Kier molecular flexibility index (Phi) is 3.19. The van der Waals surface area contributed by atoms with Crippen molar-refractivity contribution in [2.45, 2.75) is 20.4 Å². The van der Waals surface area contributed by atoms with Gasteiger partial charge in [-0.2, -0.15) is 5.10 Å². The summed E-state index contributed by atoms with van der Waals surface area (Å²) in [4.78, 5) is 4.21. The van der Waals surface area contributed by atoms with E-state index in [0.29, 0.717) is 18.1 Å². The van der Waals surface area contributed by atoms with Gasteiger partial charge in [0.05, 0.1) is 5.69 Å². The molecular weight excluding hydrogens is 219 g/mol. The molecule has 0 fully saturated rings. The van der Waals surface area contributed by atoms with Gasteiger partial charge in [0, 0.05) is 6.54 Å². The Bertz CT molecular complexity index is 533. The zero-order valence-corrected chi connectivity index (χ0v) is 10.2. The molecular formula is C12H15FN4. The van der Waals surface area contributed by atoms with Crippen LogP contribution in [0.3, 0.4) is 0 Å². The summed E-state index contributed by atoms with van der Waals surface area (Å²) in [6, 6.07) is 4.88. The third kappa shape index (κ3) is 2.50. The molecule has 0 aliphatic rings. The van der Waals surface area contributed by atoms with Crippen LogP contribution >= 0.6 is 0 Å². The Labute approximate surface area is 99.5 Å². The van der Waals surface area contributed by atoms with Crippen LogP contribution in [0.1, 0.15) is 17.2 Å². The fourth-order valence-corrected chi connectivity index (χ4v) is 1.83. The molecule has 2 aromatic rings. The minimum atomic E-state index is -0.264. The van der Waals surface area contributed by atoms with Gasteiger partial charge in [-0.1, -0.05) is 0 Å². The number of aryl methyl sites for hydroxylation is 2. The van der Waals surface area contributed by atoms with Crippen molar-refractivity contribution in [3.05, 3.63) is 41.2 Å². The summed E-state index contributed by atoms with van der Waals surface area (Å²) in [5.74, 6) is 1.17. The second kappa shape index (κ2) is 4.63. The fraction of sp³-hybridized carbons (Fsp3) is 0.333. The molecule has 1 heterocycles. The van der Waals surface area contributed by atoms with Gasteiger partial charge < -0.3 is 5.32 Å². The molecule has 0 unspecified atom stereocenters. The highest BCUT2D eigenvalue weighted by Gasteiger charge is 2.07. The molecule has 17 heavy (non-hydrogen) atoms. The summed E-state index contributed by atoms with van der Waals surface area (Å²) in [6.07, 6.45) is 0. The van der Waals surface area contributed by atoms with Crippen LogP contribution in [-0.4, -0.2) is 21.8 Å². The highest BCUT2D eigenvalue weighted by Crippen LogP contribution is 2.14. The average Bonchev–Trinajstić information content (AvgIpc) is 2.57. The Morgan fingerprint density at radius 2 is 2.06 bits per heavy atom. The van der Waals surface area contributed by atoms with E-state index >= 15 is 0 Å². The molecule has 0 aliphatic heterocycles. The quantitative estimate of drug-likeness (QED) is 0.879. The number of hydrogen-bond donors (Lipinski definition) is 1. The van der Waals surface area contributed by atoms with Crippen LogP contribution in [0.2, 0.25) is 0 Å². The molecule has 1 aromatic carbocycles. The summed E-state index contributed by atoms with van der Waals surface area (Å²) in [6.45, 7) is 4.29. The van der Waals surface area contributed by atoms with Crippen molar-refractivity contribution < 1.29 is 4.39 Å². The summed E-state index contributed by atoms with van der Waals surface area (Å²) in [7, 11) is 1.83. The number of rotatable bonds is 3. The molecule has 90 valence electrons. The van der Waals surface area contributed by atoms with E-state index in [1.54, 1.807) is 4.68 Å². The number of benzene rings is 1. The molecule has 4 nitrogen and oxygen atoms in total.